The molecule has 0 saturated carbocycles. The maximum Gasteiger partial charge on any atom is 0.0819 e. The second-order valence-electron chi connectivity index (χ2n) is 2.80. The van der Waals surface area contributed by atoms with Crippen molar-refractivity contribution >= 4 is 5.71 Å². The van der Waals surface area contributed by atoms with Crippen LogP contribution in [0, 0.1) is 6.92 Å². The molecule has 0 bridgehead atoms. The molecule has 0 aliphatic rings. The van der Waals surface area contributed by atoms with Crippen LogP contribution in [-0.2, 0) is 6.54 Å². The smallest absolute Gasteiger partial charge is 0.0819 e. The highest BCUT2D eigenvalue weighted by molar-refractivity contribution is 5.97. The summed E-state index contributed by atoms with van der Waals surface area (Å²) in [6, 6.07) is 2.06. The molecular formula is C9H15N3. The Labute approximate surface area is 73.1 Å². The van der Waals surface area contributed by atoms with Crippen molar-refractivity contribution in [2.45, 2.75) is 27.3 Å². The number of aromatic nitrogens is 2. The lowest BCUT2D eigenvalue weighted by Crippen LogP contribution is -2.07. The number of aliphatic imine (C=N–C) groups is 1. The molecule has 3 heteroatoms. The van der Waals surface area contributed by atoms with Crippen LogP contribution >= 0.6 is 0 Å². The summed E-state index contributed by atoms with van der Waals surface area (Å²) in [4.78, 5) is 4.14. The van der Waals surface area contributed by atoms with Gasteiger partial charge in [-0.25, -0.2) is 0 Å². The van der Waals surface area contributed by atoms with Crippen LogP contribution in [0.3, 0.4) is 0 Å². The highest BCUT2D eigenvalue weighted by Crippen LogP contribution is 2.04. The van der Waals surface area contributed by atoms with Crippen molar-refractivity contribution < 1.29 is 0 Å². The lowest BCUT2D eigenvalue weighted by Gasteiger charge is -2.01. The molecule has 0 spiro atoms. The molecule has 0 radical (unpaired) electrons. The van der Waals surface area contributed by atoms with Gasteiger partial charge in [-0.05, 0) is 26.8 Å². The van der Waals surface area contributed by atoms with Crippen molar-refractivity contribution in [3.8, 4) is 0 Å². The number of hydrogen-bond donors (Lipinski definition) is 0. The van der Waals surface area contributed by atoms with Gasteiger partial charge in [-0.3, -0.25) is 9.67 Å². The first-order valence-corrected chi connectivity index (χ1v) is 4.17. The van der Waals surface area contributed by atoms with E-state index in [0.29, 0.717) is 0 Å². The third kappa shape index (κ3) is 1.55. The van der Waals surface area contributed by atoms with Crippen molar-refractivity contribution in [2.24, 2.45) is 4.99 Å². The summed E-state index contributed by atoms with van der Waals surface area (Å²) in [5.74, 6) is 0. The summed E-state index contributed by atoms with van der Waals surface area (Å²) < 4.78 is 1.97. The Morgan fingerprint density at radius 1 is 1.67 bits per heavy atom. The molecule has 66 valence electrons. The largest absolute Gasteiger partial charge is 0.291 e. The second kappa shape index (κ2) is 3.52. The van der Waals surface area contributed by atoms with Crippen LogP contribution in [0.25, 0.3) is 0 Å². The molecule has 3 nitrogen and oxygen atoms in total. The summed E-state index contributed by atoms with van der Waals surface area (Å²) in [7, 11) is 1.80. The van der Waals surface area contributed by atoms with E-state index < -0.39 is 0 Å². The Hall–Kier alpha value is -1.12. The highest BCUT2D eigenvalue weighted by Gasteiger charge is 2.05. The summed E-state index contributed by atoms with van der Waals surface area (Å²) in [5.41, 5.74) is 3.21. The second-order valence-corrected chi connectivity index (χ2v) is 2.80. The van der Waals surface area contributed by atoms with Crippen molar-refractivity contribution in [2.75, 3.05) is 7.05 Å². The van der Waals surface area contributed by atoms with E-state index >= 15 is 0 Å². The van der Waals surface area contributed by atoms with Crippen LogP contribution in [0.5, 0.6) is 0 Å². The molecule has 0 unspecified atom stereocenters. The Morgan fingerprint density at radius 2 is 2.33 bits per heavy atom. The molecule has 0 aromatic carbocycles. The van der Waals surface area contributed by atoms with E-state index in [2.05, 4.69) is 23.1 Å². The average molecular weight is 165 g/mol. The Morgan fingerprint density at radius 3 is 2.83 bits per heavy atom. The monoisotopic (exact) mass is 165 g/mol. The van der Waals surface area contributed by atoms with E-state index in [4.69, 9.17) is 0 Å². The molecule has 0 fully saturated rings. The van der Waals surface area contributed by atoms with Gasteiger partial charge in [-0.1, -0.05) is 0 Å². The predicted molar refractivity (Wildman–Crippen MR) is 50.8 cm³/mol. The van der Waals surface area contributed by atoms with Crippen LogP contribution in [0.2, 0.25) is 0 Å². The molecular weight excluding hydrogens is 150 g/mol. The number of hydrogen-bond acceptors (Lipinski definition) is 2. The summed E-state index contributed by atoms with van der Waals surface area (Å²) in [6.45, 7) is 6.98. The van der Waals surface area contributed by atoms with Crippen LogP contribution < -0.4 is 0 Å². The fourth-order valence-electron chi connectivity index (χ4n) is 1.19. The van der Waals surface area contributed by atoms with E-state index in [1.54, 1.807) is 7.05 Å². The summed E-state index contributed by atoms with van der Waals surface area (Å²) >= 11 is 0. The standard InChI is InChI=1S/C9H15N3/c1-5-12-9(8(3)10-4)6-7(2)11-12/h6H,5H2,1-4H3. The lowest BCUT2D eigenvalue weighted by molar-refractivity contribution is 0.647. The van der Waals surface area contributed by atoms with Crippen molar-refractivity contribution in [3.63, 3.8) is 0 Å². The summed E-state index contributed by atoms with van der Waals surface area (Å²) in [5, 5.41) is 4.33. The zero-order valence-electron chi connectivity index (χ0n) is 8.13. The topological polar surface area (TPSA) is 30.2 Å². The SMILES string of the molecule is CCn1nc(C)cc1C(C)=NC. The quantitative estimate of drug-likeness (QED) is 0.613. The predicted octanol–water partition coefficient (Wildman–Crippen LogP) is 1.65. The van der Waals surface area contributed by atoms with Crippen LogP contribution in [0.1, 0.15) is 25.2 Å². The van der Waals surface area contributed by atoms with E-state index in [0.717, 1.165) is 23.6 Å². The zero-order valence-corrected chi connectivity index (χ0v) is 8.13. The first kappa shape index (κ1) is 8.97. The van der Waals surface area contributed by atoms with Gasteiger partial charge >= 0.3 is 0 Å². The van der Waals surface area contributed by atoms with Crippen molar-refractivity contribution in [1.82, 2.24) is 9.78 Å². The van der Waals surface area contributed by atoms with Gasteiger partial charge in [0.25, 0.3) is 0 Å². The Kier molecular flexibility index (Phi) is 2.63. The van der Waals surface area contributed by atoms with Gasteiger partial charge in [0.1, 0.15) is 0 Å². The van der Waals surface area contributed by atoms with Gasteiger partial charge < -0.3 is 0 Å². The third-order valence-corrected chi connectivity index (χ3v) is 1.91. The van der Waals surface area contributed by atoms with Gasteiger partial charge in [0.15, 0.2) is 0 Å². The fraction of sp³-hybridized carbons (Fsp3) is 0.556. The lowest BCUT2D eigenvalue weighted by atomic mass is 10.3. The van der Waals surface area contributed by atoms with Gasteiger partial charge in [-0.15, -0.1) is 0 Å². The van der Waals surface area contributed by atoms with Gasteiger partial charge in [-0.2, -0.15) is 5.10 Å². The molecule has 0 aliphatic heterocycles. The number of nitrogens with zero attached hydrogens (tertiary/aromatic N) is 3. The number of rotatable bonds is 2. The minimum absolute atomic E-state index is 0.899. The fourth-order valence-corrected chi connectivity index (χ4v) is 1.19. The van der Waals surface area contributed by atoms with Crippen molar-refractivity contribution in [3.05, 3.63) is 17.5 Å². The van der Waals surface area contributed by atoms with Crippen LogP contribution in [0.15, 0.2) is 11.1 Å². The summed E-state index contributed by atoms with van der Waals surface area (Å²) in [6.07, 6.45) is 0. The highest BCUT2D eigenvalue weighted by atomic mass is 15.3. The van der Waals surface area contributed by atoms with E-state index in [1.807, 2.05) is 18.5 Å². The molecule has 1 aromatic heterocycles. The minimum atomic E-state index is 0.899. The molecule has 1 heterocycles. The normalized spacial score (nSPS) is 12.2. The van der Waals surface area contributed by atoms with Gasteiger partial charge in [0.05, 0.1) is 17.1 Å². The van der Waals surface area contributed by atoms with Crippen molar-refractivity contribution in [1.29, 1.82) is 0 Å². The Balaban J connectivity index is 3.13. The maximum atomic E-state index is 4.33. The molecule has 0 saturated heterocycles. The molecule has 0 aliphatic carbocycles. The van der Waals surface area contributed by atoms with Gasteiger partial charge in [0, 0.05) is 13.6 Å². The van der Waals surface area contributed by atoms with E-state index in [9.17, 15) is 0 Å². The Bertz CT molecular complexity index is 297. The molecule has 12 heavy (non-hydrogen) atoms. The molecule has 1 aromatic rings. The first-order chi connectivity index (χ1) is 5.69. The molecule has 0 N–H and O–H groups in total. The molecule has 1 rings (SSSR count). The molecule has 0 atom stereocenters. The average Bonchev–Trinajstić information content (AvgIpc) is 2.45. The number of aryl methyl sites for hydroxylation is 2. The third-order valence-electron chi connectivity index (χ3n) is 1.91. The van der Waals surface area contributed by atoms with Gasteiger partial charge in [0.2, 0.25) is 0 Å². The minimum Gasteiger partial charge on any atom is -0.291 e. The maximum absolute atomic E-state index is 4.33. The van der Waals surface area contributed by atoms with Crippen LogP contribution in [-0.4, -0.2) is 22.5 Å². The van der Waals surface area contributed by atoms with E-state index in [-0.39, 0.29) is 0 Å². The first-order valence-electron chi connectivity index (χ1n) is 4.17. The molecule has 0 amide bonds. The zero-order chi connectivity index (χ0) is 9.14. The van der Waals surface area contributed by atoms with Crippen LogP contribution in [0.4, 0.5) is 0 Å². The van der Waals surface area contributed by atoms with E-state index in [1.165, 1.54) is 0 Å².